The quantitative estimate of drug-likeness (QED) is 0.700. The van der Waals surface area contributed by atoms with Crippen molar-refractivity contribution < 1.29 is 24.5 Å². The topological polar surface area (TPSA) is 83.8 Å². The molecule has 0 aromatic heterocycles. The molecule has 0 spiro atoms. The van der Waals surface area contributed by atoms with Gasteiger partial charge in [-0.2, -0.15) is 0 Å². The van der Waals surface area contributed by atoms with Gasteiger partial charge in [-0.25, -0.2) is 0 Å². The van der Waals surface area contributed by atoms with Gasteiger partial charge in [-0.15, -0.1) is 0 Å². The van der Waals surface area contributed by atoms with E-state index in [9.17, 15) is 19.8 Å². The van der Waals surface area contributed by atoms with Gasteiger partial charge in [0, 0.05) is 0 Å². The number of aliphatic carboxylic acids is 2. The molecule has 2 aromatic carbocycles. The molecule has 3 rings (SSSR count). The zero-order valence-corrected chi connectivity index (χ0v) is 15.5. The fourth-order valence-electron chi connectivity index (χ4n) is 3.49. The SMILES string of the molecule is CCC(OC1=CCC(C(=O)O)(C(=O)O)C=C1)(c1ccccc1)c1ccccc1. The first-order valence-electron chi connectivity index (χ1n) is 9.11. The molecule has 0 unspecified atom stereocenters. The van der Waals surface area contributed by atoms with Crippen LogP contribution in [-0.4, -0.2) is 22.2 Å². The summed E-state index contributed by atoms with van der Waals surface area (Å²) in [7, 11) is 0. The largest absolute Gasteiger partial charge is 0.480 e. The zero-order valence-electron chi connectivity index (χ0n) is 15.5. The Balaban J connectivity index is 2.01. The van der Waals surface area contributed by atoms with Gasteiger partial charge in [-0.05, 0) is 36.1 Å². The van der Waals surface area contributed by atoms with Gasteiger partial charge in [0.25, 0.3) is 0 Å². The average Bonchev–Trinajstić information content (AvgIpc) is 2.73. The molecule has 5 nitrogen and oxygen atoms in total. The lowest BCUT2D eigenvalue weighted by atomic mass is 9.80. The highest BCUT2D eigenvalue weighted by molar-refractivity contribution is 6.01. The highest BCUT2D eigenvalue weighted by atomic mass is 16.5. The van der Waals surface area contributed by atoms with Crippen LogP contribution in [0.1, 0.15) is 30.9 Å². The third-order valence-electron chi connectivity index (χ3n) is 5.19. The predicted molar refractivity (Wildman–Crippen MR) is 105 cm³/mol. The Morgan fingerprint density at radius 1 is 0.964 bits per heavy atom. The first-order valence-corrected chi connectivity index (χ1v) is 9.11. The highest BCUT2D eigenvalue weighted by Crippen LogP contribution is 2.41. The first-order chi connectivity index (χ1) is 13.4. The number of carboxylic acids is 2. The maximum absolute atomic E-state index is 11.5. The Morgan fingerprint density at radius 3 is 1.82 bits per heavy atom. The molecule has 0 saturated heterocycles. The summed E-state index contributed by atoms with van der Waals surface area (Å²) in [5, 5.41) is 18.8. The van der Waals surface area contributed by atoms with Crippen LogP contribution in [0.2, 0.25) is 0 Å². The van der Waals surface area contributed by atoms with Crippen LogP contribution in [-0.2, 0) is 19.9 Å². The highest BCUT2D eigenvalue weighted by Gasteiger charge is 2.45. The van der Waals surface area contributed by atoms with Crippen LogP contribution in [0, 0.1) is 5.41 Å². The van der Waals surface area contributed by atoms with Gasteiger partial charge in [-0.1, -0.05) is 73.7 Å². The summed E-state index contributed by atoms with van der Waals surface area (Å²) in [6.07, 6.45) is 4.64. The first kappa shape index (κ1) is 19.4. The molecule has 0 fully saturated rings. The molecule has 0 atom stereocenters. The number of rotatable bonds is 7. The van der Waals surface area contributed by atoms with Crippen LogP contribution in [0.25, 0.3) is 0 Å². The summed E-state index contributed by atoms with van der Waals surface area (Å²) in [5.74, 6) is -2.33. The van der Waals surface area contributed by atoms with Crippen LogP contribution < -0.4 is 0 Å². The Kier molecular flexibility index (Phi) is 5.36. The van der Waals surface area contributed by atoms with Gasteiger partial charge in [-0.3, -0.25) is 9.59 Å². The third kappa shape index (κ3) is 3.31. The number of carboxylic acid groups (broad SMARTS) is 2. The standard InChI is InChI=1S/C23H22O5/c1-2-23(17-9-5-3-6-10-17,18-11-7-4-8-12-18)28-19-13-15-22(16-14-19,20(24)25)21(26)27/h3-15H,2,16H2,1H3,(H,24,25)(H,26,27). The average molecular weight is 378 g/mol. The summed E-state index contributed by atoms with van der Waals surface area (Å²) in [5.41, 5.74) is -0.801. The van der Waals surface area contributed by atoms with Crippen molar-refractivity contribution in [3.05, 3.63) is 95.8 Å². The van der Waals surface area contributed by atoms with E-state index >= 15 is 0 Å². The van der Waals surface area contributed by atoms with Crippen molar-refractivity contribution in [2.75, 3.05) is 0 Å². The van der Waals surface area contributed by atoms with E-state index in [1.165, 1.54) is 12.2 Å². The molecule has 1 aliphatic rings. The van der Waals surface area contributed by atoms with Crippen LogP contribution >= 0.6 is 0 Å². The van der Waals surface area contributed by atoms with Gasteiger partial charge in [0.15, 0.2) is 11.0 Å². The van der Waals surface area contributed by atoms with Gasteiger partial charge < -0.3 is 14.9 Å². The van der Waals surface area contributed by atoms with E-state index in [-0.39, 0.29) is 6.42 Å². The fourth-order valence-corrected chi connectivity index (χ4v) is 3.49. The maximum Gasteiger partial charge on any atom is 0.325 e. The molecule has 5 heteroatoms. The Hall–Kier alpha value is -3.34. The number of ether oxygens (including phenoxy) is 1. The molecular formula is C23H22O5. The van der Waals surface area contributed by atoms with Gasteiger partial charge in [0.2, 0.25) is 0 Å². The van der Waals surface area contributed by atoms with Crippen molar-refractivity contribution in [2.24, 2.45) is 5.41 Å². The second kappa shape index (κ2) is 7.72. The molecule has 0 heterocycles. The number of hydrogen-bond acceptors (Lipinski definition) is 3. The molecule has 0 aliphatic heterocycles. The lowest BCUT2D eigenvalue weighted by Crippen LogP contribution is -2.38. The molecule has 1 aliphatic carbocycles. The third-order valence-corrected chi connectivity index (χ3v) is 5.19. The maximum atomic E-state index is 11.5. The fraction of sp³-hybridized carbons (Fsp3) is 0.217. The van der Waals surface area contributed by atoms with E-state index in [2.05, 4.69) is 0 Å². The number of benzene rings is 2. The Labute approximate surface area is 163 Å². The van der Waals surface area contributed by atoms with Crippen molar-refractivity contribution in [1.82, 2.24) is 0 Å². The zero-order chi connectivity index (χ0) is 20.2. The summed E-state index contributed by atoms with van der Waals surface area (Å²) in [4.78, 5) is 23.0. The van der Waals surface area contributed by atoms with Crippen LogP contribution in [0.15, 0.2) is 84.7 Å². The molecule has 28 heavy (non-hydrogen) atoms. The molecular weight excluding hydrogens is 356 g/mol. The lowest BCUT2D eigenvalue weighted by Gasteiger charge is -2.36. The van der Waals surface area contributed by atoms with E-state index in [0.29, 0.717) is 12.2 Å². The molecule has 0 bridgehead atoms. The predicted octanol–water partition coefficient (Wildman–Crippen LogP) is 4.36. The van der Waals surface area contributed by atoms with Crippen molar-refractivity contribution in [3.8, 4) is 0 Å². The molecule has 0 radical (unpaired) electrons. The number of allylic oxidation sites excluding steroid dienone is 2. The van der Waals surface area contributed by atoms with Crippen LogP contribution in [0.3, 0.4) is 0 Å². The van der Waals surface area contributed by atoms with E-state index < -0.39 is 23.0 Å². The van der Waals surface area contributed by atoms with Gasteiger partial charge in [0.05, 0.1) is 0 Å². The van der Waals surface area contributed by atoms with Crippen LogP contribution in [0.5, 0.6) is 0 Å². The monoisotopic (exact) mass is 378 g/mol. The minimum atomic E-state index is -1.96. The van der Waals surface area contributed by atoms with Crippen molar-refractivity contribution >= 4 is 11.9 Å². The number of carbonyl (C=O) groups is 2. The van der Waals surface area contributed by atoms with Crippen molar-refractivity contribution in [3.63, 3.8) is 0 Å². The smallest absolute Gasteiger partial charge is 0.325 e. The lowest BCUT2D eigenvalue weighted by molar-refractivity contribution is -0.160. The van der Waals surface area contributed by atoms with Crippen LogP contribution in [0.4, 0.5) is 0 Å². The minimum Gasteiger partial charge on any atom is -0.480 e. The Morgan fingerprint density at radius 2 is 1.46 bits per heavy atom. The second-order valence-electron chi connectivity index (χ2n) is 6.74. The number of hydrogen-bond donors (Lipinski definition) is 2. The summed E-state index contributed by atoms with van der Waals surface area (Å²) < 4.78 is 6.44. The second-order valence-corrected chi connectivity index (χ2v) is 6.74. The molecule has 0 saturated carbocycles. The molecule has 2 aromatic rings. The van der Waals surface area contributed by atoms with Gasteiger partial charge in [0.1, 0.15) is 5.76 Å². The van der Waals surface area contributed by atoms with Crippen molar-refractivity contribution in [1.29, 1.82) is 0 Å². The van der Waals surface area contributed by atoms with Gasteiger partial charge >= 0.3 is 11.9 Å². The summed E-state index contributed by atoms with van der Waals surface area (Å²) >= 11 is 0. The molecule has 2 N–H and O–H groups in total. The molecule has 144 valence electrons. The van der Waals surface area contributed by atoms with E-state index in [1.54, 1.807) is 6.08 Å². The molecule has 0 amide bonds. The van der Waals surface area contributed by atoms with E-state index in [1.807, 2.05) is 67.6 Å². The summed E-state index contributed by atoms with van der Waals surface area (Å²) in [6, 6.07) is 19.6. The van der Waals surface area contributed by atoms with Crippen molar-refractivity contribution in [2.45, 2.75) is 25.4 Å². The normalized spacial score (nSPS) is 15.5. The minimum absolute atomic E-state index is 0.174. The summed E-state index contributed by atoms with van der Waals surface area (Å²) in [6.45, 7) is 2.02. The van der Waals surface area contributed by atoms with E-state index in [0.717, 1.165) is 11.1 Å². The Bertz CT molecular complexity index is 859. The van der Waals surface area contributed by atoms with E-state index in [4.69, 9.17) is 4.74 Å².